The Morgan fingerprint density at radius 3 is 2.22 bits per heavy atom. The third kappa shape index (κ3) is 5.53. The van der Waals surface area contributed by atoms with Gasteiger partial charge in [0.2, 0.25) is 10.0 Å². The van der Waals surface area contributed by atoms with Gasteiger partial charge in [0, 0.05) is 24.7 Å². The monoisotopic (exact) mass is 396 g/mol. The number of nitrogens with two attached hydrogens (primary N) is 1. The maximum Gasteiger partial charge on any atom is 0.278 e. The third-order valence-corrected chi connectivity index (χ3v) is 7.51. The van der Waals surface area contributed by atoms with Gasteiger partial charge in [-0.25, -0.2) is 8.42 Å². The minimum Gasteiger partial charge on any atom is -0.348 e. The molecule has 1 aromatic rings. The zero-order valence-electron chi connectivity index (χ0n) is 16.9. The van der Waals surface area contributed by atoms with Crippen molar-refractivity contribution in [1.29, 1.82) is 0 Å². The van der Waals surface area contributed by atoms with E-state index >= 15 is 0 Å². The van der Waals surface area contributed by atoms with Crippen LogP contribution in [0.2, 0.25) is 0 Å². The van der Waals surface area contributed by atoms with Gasteiger partial charge in [-0.3, -0.25) is 4.79 Å². The van der Waals surface area contributed by atoms with Crippen molar-refractivity contribution in [3.05, 3.63) is 29.8 Å². The molecule has 1 aliphatic carbocycles. The SMILES string of the molecule is CCN(CC)S(=O)(=O)c1ccc([C@H](C)[NH2+][C@@H](C)C(=O)NC2CCCC2)cc1. The van der Waals surface area contributed by atoms with E-state index in [9.17, 15) is 13.2 Å². The summed E-state index contributed by atoms with van der Waals surface area (Å²) in [5, 5.41) is 5.16. The van der Waals surface area contributed by atoms with Crippen LogP contribution in [0.3, 0.4) is 0 Å². The number of benzene rings is 1. The van der Waals surface area contributed by atoms with Crippen LogP contribution in [0.1, 0.15) is 65.0 Å². The molecule has 1 saturated carbocycles. The number of carbonyl (C=O) groups is 1. The van der Waals surface area contributed by atoms with Gasteiger partial charge in [-0.15, -0.1) is 0 Å². The number of nitrogens with one attached hydrogen (secondary N) is 1. The normalized spacial score (nSPS) is 17.8. The first-order valence-corrected chi connectivity index (χ1v) is 11.5. The summed E-state index contributed by atoms with van der Waals surface area (Å²) in [5.41, 5.74) is 1.01. The van der Waals surface area contributed by atoms with Gasteiger partial charge in [0.1, 0.15) is 6.04 Å². The van der Waals surface area contributed by atoms with E-state index in [4.69, 9.17) is 0 Å². The molecule has 3 N–H and O–H groups in total. The van der Waals surface area contributed by atoms with Crippen molar-refractivity contribution in [1.82, 2.24) is 9.62 Å². The molecule has 0 radical (unpaired) electrons. The van der Waals surface area contributed by atoms with Crippen LogP contribution < -0.4 is 10.6 Å². The van der Waals surface area contributed by atoms with Gasteiger partial charge in [0.15, 0.2) is 6.04 Å². The van der Waals surface area contributed by atoms with Crippen LogP contribution >= 0.6 is 0 Å². The molecule has 1 amide bonds. The lowest BCUT2D eigenvalue weighted by atomic mass is 10.1. The first kappa shape index (κ1) is 21.9. The summed E-state index contributed by atoms with van der Waals surface area (Å²) >= 11 is 0. The molecule has 1 fully saturated rings. The summed E-state index contributed by atoms with van der Waals surface area (Å²) in [6.07, 6.45) is 4.55. The number of hydrogen-bond donors (Lipinski definition) is 2. The van der Waals surface area contributed by atoms with E-state index in [1.807, 2.05) is 45.1 Å². The Kier molecular flexibility index (Phi) is 7.82. The molecule has 6 nitrogen and oxygen atoms in total. The Bertz CT molecular complexity index is 708. The van der Waals surface area contributed by atoms with E-state index < -0.39 is 10.0 Å². The van der Waals surface area contributed by atoms with E-state index in [1.165, 1.54) is 17.1 Å². The molecule has 7 heteroatoms. The summed E-state index contributed by atoms with van der Waals surface area (Å²) in [6.45, 7) is 8.54. The lowest BCUT2D eigenvalue weighted by molar-refractivity contribution is -0.710. The van der Waals surface area contributed by atoms with Gasteiger partial charge in [0.05, 0.1) is 4.90 Å². The molecule has 1 aromatic carbocycles. The Hall–Kier alpha value is -1.44. The van der Waals surface area contributed by atoms with Crippen molar-refractivity contribution in [2.45, 2.75) is 76.4 Å². The lowest BCUT2D eigenvalue weighted by Crippen LogP contribution is -2.92. The number of nitrogens with zero attached hydrogens (tertiary/aromatic N) is 1. The van der Waals surface area contributed by atoms with Crippen LogP contribution in [0.4, 0.5) is 0 Å². The van der Waals surface area contributed by atoms with Crippen molar-refractivity contribution < 1.29 is 18.5 Å². The number of carbonyl (C=O) groups excluding carboxylic acids is 1. The fraction of sp³-hybridized carbons (Fsp3) is 0.650. The van der Waals surface area contributed by atoms with Gasteiger partial charge in [-0.2, -0.15) is 4.31 Å². The first-order valence-electron chi connectivity index (χ1n) is 10.0. The second-order valence-electron chi connectivity index (χ2n) is 7.42. The molecule has 2 atom stereocenters. The number of hydrogen-bond acceptors (Lipinski definition) is 3. The van der Waals surface area contributed by atoms with Crippen molar-refractivity contribution in [3.8, 4) is 0 Å². The summed E-state index contributed by atoms with van der Waals surface area (Å²) in [5.74, 6) is 0.0782. The summed E-state index contributed by atoms with van der Waals surface area (Å²) in [7, 11) is -3.43. The second-order valence-corrected chi connectivity index (χ2v) is 9.36. The predicted octanol–water partition coefficient (Wildman–Crippen LogP) is 1.79. The molecule has 0 aromatic heterocycles. The summed E-state index contributed by atoms with van der Waals surface area (Å²) in [4.78, 5) is 12.7. The highest BCUT2D eigenvalue weighted by Gasteiger charge is 2.25. The average Bonchev–Trinajstić information content (AvgIpc) is 3.15. The van der Waals surface area contributed by atoms with Crippen LogP contribution in [-0.4, -0.2) is 43.8 Å². The van der Waals surface area contributed by atoms with E-state index in [1.54, 1.807) is 12.1 Å². The molecule has 0 bridgehead atoms. The third-order valence-electron chi connectivity index (χ3n) is 5.44. The number of quaternary nitrogens is 1. The molecule has 0 aliphatic heterocycles. The van der Waals surface area contributed by atoms with E-state index in [0.29, 0.717) is 24.0 Å². The minimum absolute atomic E-state index is 0.0690. The topological polar surface area (TPSA) is 83.1 Å². The van der Waals surface area contributed by atoms with Gasteiger partial charge in [-0.05, 0) is 38.8 Å². The van der Waals surface area contributed by atoms with Gasteiger partial charge in [0.25, 0.3) is 5.91 Å². The molecule has 152 valence electrons. The van der Waals surface area contributed by atoms with Crippen LogP contribution in [0.5, 0.6) is 0 Å². The van der Waals surface area contributed by atoms with Crippen LogP contribution in [0.25, 0.3) is 0 Å². The fourth-order valence-electron chi connectivity index (χ4n) is 3.69. The highest BCUT2D eigenvalue weighted by molar-refractivity contribution is 7.89. The maximum absolute atomic E-state index is 12.6. The molecule has 0 spiro atoms. The smallest absolute Gasteiger partial charge is 0.278 e. The lowest BCUT2D eigenvalue weighted by Gasteiger charge is -2.20. The van der Waals surface area contributed by atoms with Gasteiger partial charge >= 0.3 is 0 Å². The van der Waals surface area contributed by atoms with Gasteiger partial charge < -0.3 is 10.6 Å². The summed E-state index contributed by atoms with van der Waals surface area (Å²) < 4.78 is 26.6. The second kappa shape index (κ2) is 9.66. The molecule has 0 unspecified atom stereocenters. The minimum atomic E-state index is -3.43. The molecule has 27 heavy (non-hydrogen) atoms. The van der Waals surface area contributed by atoms with Crippen molar-refractivity contribution in [3.63, 3.8) is 0 Å². The van der Waals surface area contributed by atoms with Crippen molar-refractivity contribution in [2.24, 2.45) is 0 Å². The molecule has 0 heterocycles. The molecular formula is C20H34N3O3S+. The Balaban J connectivity index is 1.98. The average molecular weight is 397 g/mol. The number of amides is 1. The van der Waals surface area contributed by atoms with E-state index in [-0.39, 0.29) is 18.0 Å². The fourth-order valence-corrected chi connectivity index (χ4v) is 5.15. The Morgan fingerprint density at radius 2 is 1.70 bits per heavy atom. The molecular weight excluding hydrogens is 362 g/mol. The van der Waals surface area contributed by atoms with Gasteiger partial charge in [-0.1, -0.05) is 38.8 Å². The van der Waals surface area contributed by atoms with Crippen LogP contribution in [0.15, 0.2) is 29.2 Å². The Labute approximate surface area is 163 Å². The molecule has 2 rings (SSSR count). The number of rotatable bonds is 9. The van der Waals surface area contributed by atoms with E-state index in [0.717, 1.165) is 18.4 Å². The van der Waals surface area contributed by atoms with Crippen LogP contribution in [-0.2, 0) is 14.8 Å². The summed E-state index contributed by atoms with van der Waals surface area (Å²) in [6, 6.07) is 7.23. The van der Waals surface area contributed by atoms with Crippen LogP contribution in [0, 0.1) is 0 Å². The first-order chi connectivity index (χ1) is 12.8. The molecule has 0 saturated heterocycles. The standard InChI is InChI=1S/C20H33N3O3S/c1-5-23(6-2)27(25,26)19-13-11-17(12-14-19)15(3)21-16(4)20(24)22-18-9-7-8-10-18/h11-16,18,21H,5-10H2,1-4H3,(H,22,24)/p+1/t15-,16-/m0/s1. The highest BCUT2D eigenvalue weighted by Crippen LogP contribution is 2.19. The predicted molar refractivity (Wildman–Crippen MR) is 107 cm³/mol. The zero-order valence-corrected chi connectivity index (χ0v) is 17.8. The largest absolute Gasteiger partial charge is 0.348 e. The molecule has 1 aliphatic rings. The maximum atomic E-state index is 12.6. The zero-order chi connectivity index (χ0) is 20.0. The number of sulfonamides is 1. The highest BCUT2D eigenvalue weighted by atomic mass is 32.2. The van der Waals surface area contributed by atoms with Crippen molar-refractivity contribution in [2.75, 3.05) is 13.1 Å². The Morgan fingerprint density at radius 1 is 1.15 bits per heavy atom. The quantitative estimate of drug-likeness (QED) is 0.667. The van der Waals surface area contributed by atoms with E-state index in [2.05, 4.69) is 5.32 Å². The van der Waals surface area contributed by atoms with Crippen molar-refractivity contribution >= 4 is 15.9 Å².